The van der Waals surface area contributed by atoms with Crippen LogP contribution in [0.2, 0.25) is 0 Å². The molecule has 0 aliphatic rings. The number of ether oxygens (including phenoxy) is 1. The summed E-state index contributed by atoms with van der Waals surface area (Å²) in [4.78, 5) is 1.41. The Kier molecular flexibility index (Phi) is 6.51. The molecule has 0 spiro atoms. The number of aliphatic hydroxyl groups excluding tert-OH is 1. The van der Waals surface area contributed by atoms with E-state index in [1.54, 1.807) is 7.11 Å². The molecule has 0 heterocycles. The Labute approximate surface area is 69.0 Å². The van der Waals surface area contributed by atoms with Crippen LogP contribution in [0.4, 0.5) is 0 Å². The Balaban J connectivity index is 3.44. The van der Waals surface area contributed by atoms with Crippen molar-refractivity contribution in [3.8, 4) is 0 Å². The van der Waals surface area contributed by atoms with Crippen molar-refractivity contribution in [1.82, 2.24) is 0 Å². The van der Waals surface area contributed by atoms with Crippen molar-refractivity contribution in [1.29, 1.82) is 0 Å². The van der Waals surface area contributed by atoms with Gasteiger partial charge in [0.15, 0.2) is 0 Å². The third-order valence-electron chi connectivity index (χ3n) is 1.88. The lowest BCUT2D eigenvalue weighted by atomic mass is 10.3. The first-order valence-electron chi connectivity index (χ1n) is 4.25. The smallest absolute Gasteiger partial charge is 0.126 e. The van der Waals surface area contributed by atoms with Gasteiger partial charge in [-0.05, 0) is 13.8 Å². The van der Waals surface area contributed by atoms with E-state index in [0.29, 0.717) is 6.61 Å². The van der Waals surface area contributed by atoms with E-state index >= 15 is 0 Å². The average molecular weight is 162 g/mol. The van der Waals surface area contributed by atoms with Crippen LogP contribution in [-0.4, -0.2) is 44.6 Å². The molecular weight excluding hydrogens is 142 g/mol. The van der Waals surface area contributed by atoms with Crippen molar-refractivity contribution in [2.24, 2.45) is 0 Å². The molecule has 0 aromatic heterocycles. The van der Waals surface area contributed by atoms with Gasteiger partial charge in [0.25, 0.3) is 0 Å². The first-order chi connectivity index (χ1) is 5.24. The van der Waals surface area contributed by atoms with Crippen LogP contribution in [0.1, 0.15) is 13.8 Å². The minimum absolute atomic E-state index is 0.310. The van der Waals surface area contributed by atoms with Gasteiger partial charge in [0, 0.05) is 7.11 Å². The summed E-state index contributed by atoms with van der Waals surface area (Å²) in [6.07, 6.45) is -0.310. The molecule has 2 N–H and O–H groups in total. The van der Waals surface area contributed by atoms with E-state index in [0.717, 1.165) is 19.6 Å². The minimum atomic E-state index is -0.310. The molecule has 0 saturated carbocycles. The fourth-order valence-corrected chi connectivity index (χ4v) is 1.12. The van der Waals surface area contributed by atoms with E-state index in [-0.39, 0.29) is 6.10 Å². The van der Waals surface area contributed by atoms with Gasteiger partial charge in [0.05, 0.1) is 19.7 Å². The monoisotopic (exact) mass is 162 g/mol. The molecule has 11 heavy (non-hydrogen) atoms. The summed E-state index contributed by atoms with van der Waals surface area (Å²) in [7, 11) is 1.61. The highest BCUT2D eigenvalue weighted by molar-refractivity contribution is 4.48. The maximum atomic E-state index is 9.34. The molecule has 0 aliphatic heterocycles. The third kappa shape index (κ3) is 5.18. The van der Waals surface area contributed by atoms with E-state index in [2.05, 4.69) is 13.8 Å². The number of methoxy groups -OCH3 is 1. The number of rotatable bonds is 6. The Morgan fingerprint density at radius 2 is 1.91 bits per heavy atom. The number of quaternary nitrogens is 1. The molecule has 0 aromatic rings. The van der Waals surface area contributed by atoms with Crippen LogP contribution in [0.5, 0.6) is 0 Å². The average Bonchev–Trinajstić information content (AvgIpc) is 2.01. The highest BCUT2D eigenvalue weighted by Crippen LogP contribution is 1.77. The molecule has 0 aromatic carbocycles. The van der Waals surface area contributed by atoms with Gasteiger partial charge in [-0.3, -0.25) is 0 Å². The standard InChI is InChI=1S/C8H19NO2/c1-4-9(5-2)6-8(10)7-11-3/h8,10H,4-7H2,1-3H3/p+1/t8-/m1/s1. The SMILES string of the molecule is CC[NH+](CC)C[C@@H](O)COC. The lowest BCUT2D eigenvalue weighted by Gasteiger charge is -2.18. The molecule has 0 aliphatic carbocycles. The molecule has 0 saturated heterocycles. The Bertz CT molecular complexity index is 84.2. The summed E-state index contributed by atoms with van der Waals surface area (Å²) >= 11 is 0. The Morgan fingerprint density at radius 3 is 2.27 bits per heavy atom. The van der Waals surface area contributed by atoms with E-state index < -0.39 is 0 Å². The Hall–Kier alpha value is -0.120. The van der Waals surface area contributed by atoms with E-state index in [4.69, 9.17) is 4.74 Å². The molecule has 1 atom stereocenters. The number of nitrogens with one attached hydrogen (secondary N) is 1. The second-order valence-electron chi connectivity index (χ2n) is 2.77. The molecule has 0 bridgehead atoms. The molecule has 0 unspecified atom stereocenters. The number of likely N-dealkylation sites (N-methyl/N-ethyl adjacent to an activating group) is 1. The maximum absolute atomic E-state index is 9.34. The normalized spacial score (nSPS) is 13.9. The lowest BCUT2D eigenvalue weighted by molar-refractivity contribution is -0.899. The second kappa shape index (κ2) is 6.58. The predicted octanol–water partition coefficient (Wildman–Crippen LogP) is -1.08. The van der Waals surface area contributed by atoms with Gasteiger partial charge in [-0.15, -0.1) is 0 Å². The molecule has 0 fully saturated rings. The molecular formula is C8H20NO2+. The zero-order valence-electron chi connectivity index (χ0n) is 7.76. The number of hydrogen-bond acceptors (Lipinski definition) is 2. The van der Waals surface area contributed by atoms with Crippen LogP contribution in [0, 0.1) is 0 Å². The Morgan fingerprint density at radius 1 is 1.36 bits per heavy atom. The van der Waals surface area contributed by atoms with Gasteiger partial charge < -0.3 is 14.7 Å². The van der Waals surface area contributed by atoms with Crippen LogP contribution >= 0.6 is 0 Å². The molecule has 0 rings (SSSR count). The first kappa shape index (κ1) is 10.9. The van der Waals surface area contributed by atoms with Crippen LogP contribution < -0.4 is 4.90 Å². The van der Waals surface area contributed by atoms with E-state index in [9.17, 15) is 5.11 Å². The zero-order chi connectivity index (χ0) is 8.69. The fourth-order valence-electron chi connectivity index (χ4n) is 1.12. The van der Waals surface area contributed by atoms with Gasteiger partial charge in [-0.1, -0.05) is 0 Å². The second-order valence-corrected chi connectivity index (χ2v) is 2.77. The number of aliphatic hydroxyl groups is 1. The van der Waals surface area contributed by atoms with Gasteiger partial charge in [-0.2, -0.15) is 0 Å². The summed E-state index contributed by atoms with van der Waals surface area (Å²) in [6.45, 7) is 7.62. The maximum Gasteiger partial charge on any atom is 0.126 e. The quantitative estimate of drug-likeness (QED) is 0.521. The highest BCUT2D eigenvalue weighted by atomic mass is 16.5. The molecule has 0 amide bonds. The number of hydrogen-bond donors (Lipinski definition) is 2. The van der Waals surface area contributed by atoms with Crippen molar-refractivity contribution in [3.63, 3.8) is 0 Å². The van der Waals surface area contributed by atoms with E-state index in [1.807, 2.05) is 0 Å². The lowest BCUT2D eigenvalue weighted by Crippen LogP contribution is -3.12. The summed E-state index contributed by atoms with van der Waals surface area (Å²) in [5, 5.41) is 9.34. The minimum Gasteiger partial charge on any atom is -0.385 e. The van der Waals surface area contributed by atoms with Crippen molar-refractivity contribution in [2.75, 3.05) is 33.4 Å². The molecule has 3 nitrogen and oxygen atoms in total. The van der Waals surface area contributed by atoms with Crippen LogP contribution in [0.25, 0.3) is 0 Å². The molecule has 0 radical (unpaired) electrons. The van der Waals surface area contributed by atoms with Crippen LogP contribution in [0.15, 0.2) is 0 Å². The predicted molar refractivity (Wildman–Crippen MR) is 44.8 cm³/mol. The van der Waals surface area contributed by atoms with Crippen LogP contribution in [-0.2, 0) is 4.74 Å². The van der Waals surface area contributed by atoms with E-state index in [1.165, 1.54) is 4.90 Å². The summed E-state index contributed by atoms with van der Waals surface area (Å²) in [5.74, 6) is 0. The fraction of sp³-hybridized carbons (Fsp3) is 1.00. The van der Waals surface area contributed by atoms with Gasteiger partial charge in [0.1, 0.15) is 12.6 Å². The van der Waals surface area contributed by atoms with Gasteiger partial charge in [-0.25, -0.2) is 0 Å². The summed E-state index contributed by atoms with van der Waals surface area (Å²) < 4.78 is 4.83. The molecule has 68 valence electrons. The largest absolute Gasteiger partial charge is 0.385 e. The van der Waals surface area contributed by atoms with Crippen molar-refractivity contribution >= 4 is 0 Å². The molecule has 3 heteroatoms. The van der Waals surface area contributed by atoms with Crippen LogP contribution in [0.3, 0.4) is 0 Å². The van der Waals surface area contributed by atoms with Crippen molar-refractivity contribution in [2.45, 2.75) is 20.0 Å². The highest BCUT2D eigenvalue weighted by Gasteiger charge is 2.10. The summed E-state index contributed by atoms with van der Waals surface area (Å²) in [6, 6.07) is 0. The third-order valence-corrected chi connectivity index (χ3v) is 1.88. The first-order valence-corrected chi connectivity index (χ1v) is 4.25. The van der Waals surface area contributed by atoms with Gasteiger partial charge in [0.2, 0.25) is 0 Å². The summed E-state index contributed by atoms with van der Waals surface area (Å²) in [5.41, 5.74) is 0. The zero-order valence-corrected chi connectivity index (χ0v) is 7.76. The van der Waals surface area contributed by atoms with Crippen molar-refractivity contribution in [3.05, 3.63) is 0 Å². The topological polar surface area (TPSA) is 33.9 Å². The van der Waals surface area contributed by atoms with Gasteiger partial charge >= 0.3 is 0 Å². The van der Waals surface area contributed by atoms with Crippen molar-refractivity contribution < 1.29 is 14.7 Å².